The summed E-state index contributed by atoms with van der Waals surface area (Å²) in [6, 6.07) is 0. The number of aliphatic hydroxyl groups is 1. The van der Waals surface area contributed by atoms with E-state index < -0.39 is 6.10 Å². The lowest BCUT2D eigenvalue weighted by molar-refractivity contribution is -0.161. The van der Waals surface area contributed by atoms with Gasteiger partial charge in [-0.25, -0.2) is 0 Å². The summed E-state index contributed by atoms with van der Waals surface area (Å²) in [6.45, 7) is 4.03. The van der Waals surface area contributed by atoms with Crippen molar-refractivity contribution >= 4 is 11.9 Å². The van der Waals surface area contributed by atoms with Crippen LogP contribution in [-0.2, 0) is 19.1 Å². The van der Waals surface area contributed by atoms with Gasteiger partial charge in [-0.05, 0) is 89.9 Å². The van der Waals surface area contributed by atoms with Gasteiger partial charge in [-0.1, -0.05) is 247 Å². The zero-order chi connectivity index (χ0) is 47.0. The minimum atomic E-state index is -0.777. The fourth-order valence-corrected chi connectivity index (χ4v) is 7.79. The van der Waals surface area contributed by atoms with Gasteiger partial charge in [-0.3, -0.25) is 9.59 Å². The van der Waals surface area contributed by atoms with Gasteiger partial charge in [-0.2, -0.15) is 0 Å². The van der Waals surface area contributed by atoms with Crippen molar-refractivity contribution in [3.63, 3.8) is 0 Å². The van der Waals surface area contributed by atoms with Gasteiger partial charge >= 0.3 is 11.9 Å². The molecule has 0 aliphatic rings. The zero-order valence-corrected chi connectivity index (χ0v) is 42.7. The number of aliphatic hydroxyl groups excluding tert-OH is 1. The molecule has 0 fully saturated rings. The van der Waals surface area contributed by atoms with Crippen LogP contribution >= 0.6 is 0 Å². The van der Waals surface area contributed by atoms with Gasteiger partial charge in [0.2, 0.25) is 0 Å². The third-order valence-electron chi connectivity index (χ3n) is 11.9. The molecule has 374 valence electrons. The Balaban J connectivity index is 3.48. The maximum Gasteiger partial charge on any atom is 0.306 e. The molecule has 0 saturated carbocycles. The van der Waals surface area contributed by atoms with Crippen molar-refractivity contribution in [3.8, 4) is 0 Å². The molecule has 0 aromatic carbocycles. The van der Waals surface area contributed by atoms with Gasteiger partial charge < -0.3 is 14.6 Å². The summed E-state index contributed by atoms with van der Waals surface area (Å²) in [5, 5.41) is 9.63. The van der Waals surface area contributed by atoms with Crippen LogP contribution in [0, 0.1) is 0 Å². The summed E-state index contributed by atoms with van der Waals surface area (Å²) >= 11 is 0. The second-order valence-electron chi connectivity index (χ2n) is 18.3. The van der Waals surface area contributed by atoms with Crippen LogP contribution in [0.5, 0.6) is 0 Å². The summed E-state index contributed by atoms with van der Waals surface area (Å²) in [7, 11) is 0. The van der Waals surface area contributed by atoms with Gasteiger partial charge in [0, 0.05) is 12.8 Å². The first kappa shape index (κ1) is 62.1. The molecule has 1 atom stereocenters. The van der Waals surface area contributed by atoms with Crippen molar-refractivity contribution in [1.29, 1.82) is 0 Å². The van der Waals surface area contributed by atoms with E-state index >= 15 is 0 Å². The van der Waals surface area contributed by atoms with Crippen LogP contribution in [0.2, 0.25) is 0 Å². The topological polar surface area (TPSA) is 72.8 Å². The molecular weight excluding hydrogens is 801 g/mol. The Morgan fingerprint density at radius 2 is 0.662 bits per heavy atom. The number of hydrogen-bond acceptors (Lipinski definition) is 5. The van der Waals surface area contributed by atoms with Crippen LogP contribution in [0.4, 0.5) is 0 Å². The molecule has 0 radical (unpaired) electrons. The molecule has 0 aromatic rings. The van der Waals surface area contributed by atoms with Crippen LogP contribution in [-0.4, -0.2) is 36.4 Å². The molecule has 0 amide bonds. The second-order valence-corrected chi connectivity index (χ2v) is 18.3. The highest BCUT2D eigenvalue weighted by atomic mass is 16.6. The zero-order valence-electron chi connectivity index (χ0n) is 42.7. The van der Waals surface area contributed by atoms with E-state index in [1.807, 2.05) is 0 Å². The highest BCUT2D eigenvalue weighted by Crippen LogP contribution is 2.16. The molecule has 1 N–H and O–H groups in total. The van der Waals surface area contributed by atoms with Gasteiger partial charge in [0.05, 0.1) is 6.61 Å². The maximum absolute atomic E-state index is 12.3. The maximum atomic E-state index is 12.3. The van der Waals surface area contributed by atoms with Crippen LogP contribution < -0.4 is 0 Å². The van der Waals surface area contributed by atoms with Gasteiger partial charge in [0.1, 0.15) is 6.61 Å². The normalized spacial score (nSPS) is 12.8. The van der Waals surface area contributed by atoms with Crippen LogP contribution in [0.15, 0.2) is 85.1 Å². The number of hydrogen-bond donors (Lipinski definition) is 1. The monoisotopic (exact) mass is 905 g/mol. The number of carbonyl (C=O) groups is 2. The highest BCUT2D eigenvalue weighted by Gasteiger charge is 2.16. The van der Waals surface area contributed by atoms with E-state index in [9.17, 15) is 14.7 Å². The van der Waals surface area contributed by atoms with E-state index in [-0.39, 0.29) is 25.2 Å². The number of unbranched alkanes of at least 4 members (excludes halogenated alkanes) is 28. The number of esters is 2. The molecule has 0 aliphatic heterocycles. The SMILES string of the molecule is CC/C=C\C/C=C\C/C=C\C/C=C\C/C=C\C/C=C\CCCCCCCCCCCCCCCCCCC(=O)OC(CO)COC(=O)CCCCCCC/C=C\CCCCCCCCC. The lowest BCUT2D eigenvalue weighted by Crippen LogP contribution is -2.28. The predicted molar refractivity (Wildman–Crippen MR) is 283 cm³/mol. The molecule has 5 nitrogen and oxygen atoms in total. The Morgan fingerprint density at radius 1 is 0.369 bits per heavy atom. The lowest BCUT2D eigenvalue weighted by Gasteiger charge is -2.15. The number of ether oxygens (including phenoxy) is 2. The molecule has 65 heavy (non-hydrogen) atoms. The number of rotatable bonds is 50. The van der Waals surface area contributed by atoms with Gasteiger partial charge in [0.15, 0.2) is 6.10 Å². The average molecular weight is 905 g/mol. The first-order valence-corrected chi connectivity index (χ1v) is 27.6. The van der Waals surface area contributed by atoms with Crippen molar-refractivity contribution in [3.05, 3.63) is 85.1 Å². The molecule has 0 rings (SSSR count). The Labute approximate surface area is 403 Å². The van der Waals surface area contributed by atoms with Crippen LogP contribution in [0.3, 0.4) is 0 Å². The third kappa shape index (κ3) is 53.6. The number of allylic oxidation sites excluding steroid dienone is 14. The van der Waals surface area contributed by atoms with Crippen molar-refractivity contribution in [2.24, 2.45) is 0 Å². The lowest BCUT2D eigenvalue weighted by atomic mass is 10.0. The van der Waals surface area contributed by atoms with E-state index in [0.29, 0.717) is 12.8 Å². The fraction of sp³-hybridized carbons (Fsp3) is 0.733. The van der Waals surface area contributed by atoms with Crippen molar-refractivity contribution in [1.82, 2.24) is 0 Å². The van der Waals surface area contributed by atoms with Crippen LogP contribution in [0.25, 0.3) is 0 Å². The van der Waals surface area contributed by atoms with E-state index in [4.69, 9.17) is 9.47 Å². The quantitative estimate of drug-likeness (QED) is 0.0374. The van der Waals surface area contributed by atoms with Crippen molar-refractivity contribution in [2.75, 3.05) is 13.2 Å². The Morgan fingerprint density at radius 3 is 1.02 bits per heavy atom. The highest BCUT2D eigenvalue weighted by molar-refractivity contribution is 5.70. The van der Waals surface area contributed by atoms with E-state index in [0.717, 1.165) is 83.5 Å². The average Bonchev–Trinajstić information content (AvgIpc) is 3.31. The smallest absolute Gasteiger partial charge is 0.306 e. The molecule has 5 heteroatoms. The summed E-state index contributed by atoms with van der Waals surface area (Å²) < 4.78 is 10.7. The molecule has 0 aliphatic carbocycles. The molecule has 0 aromatic heterocycles. The van der Waals surface area contributed by atoms with Gasteiger partial charge in [0.25, 0.3) is 0 Å². The predicted octanol–water partition coefficient (Wildman–Crippen LogP) is 18.6. The summed E-state index contributed by atoms with van der Waals surface area (Å²) in [6.07, 6.45) is 77.0. The van der Waals surface area contributed by atoms with Crippen molar-refractivity contribution in [2.45, 2.75) is 270 Å². The number of carbonyl (C=O) groups excluding carboxylic acids is 2. The largest absolute Gasteiger partial charge is 0.462 e. The molecule has 0 bridgehead atoms. The molecular formula is C60H104O5. The van der Waals surface area contributed by atoms with Gasteiger partial charge in [-0.15, -0.1) is 0 Å². The minimum absolute atomic E-state index is 0.0703. The van der Waals surface area contributed by atoms with E-state index in [1.54, 1.807) is 0 Å². The molecule has 1 unspecified atom stereocenters. The first-order valence-electron chi connectivity index (χ1n) is 27.6. The Kier molecular flexibility index (Phi) is 52.9. The molecule has 0 saturated heterocycles. The Bertz CT molecular complexity index is 1210. The van der Waals surface area contributed by atoms with E-state index in [2.05, 4.69) is 98.9 Å². The molecule has 0 heterocycles. The standard InChI is InChI=1S/C60H104O5/c1-3-5-7-9-11-13-15-17-19-21-22-23-24-25-26-27-28-29-30-31-32-33-34-35-36-37-38-39-41-43-45-47-49-51-53-55-60(63)65-58(56-61)57-64-59(62)54-52-50-48-46-44-42-40-20-18-16-14-12-10-8-6-4-2/h5,7,11,13,17,19-20,22-23,25-26,28-29,40,58,61H,3-4,6,8-10,12,14-16,18,21,24,27,30-39,41-57H2,1-2H3/b7-5-,13-11-,19-17-,23-22-,26-25-,29-28-,40-20-. The summed E-state index contributed by atoms with van der Waals surface area (Å²) in [5.41, 5.74) is 0. The fourth-order valence-electron chi connectivity index (χ4n) is 7.79. The van der Waals surface area contributed by atoms with E-state index in [1.165, 1.54) is 154 Å². The van der Waals surface area contributed by atoms with Crippen LogP contribution in [0.1, 0.15) is 264 Å². The second kappa shape index (κ2) is 55.4. The summed E-state index contributed by atoms with van der Waals surface area (Å²) in [4.78, 5) is 24.5. The minimum Gasteiger partial charge on any atom is -0.462 e. The first-order chi connectivity index (χ1) is 32.1. The molecule has 0 spiro atoms. The Hall–Kier alpha value is -2.92. The third-order valence-corrected chi connectivity index (χ3v) is 11.9. The van der Waals surface area contributed by atoms with Crippen molar-refractivity contribution < 1.29 is 24.2 Å². The summed E-state index contributed by atoms with van der Waals surface area (Å²) in [5.74, 6) is -0.595.